The van der Waals surface area contributed by atoms with E-state index in [0.29, 0.717) is 17.2 Å². The molecule has 7 nitrogen and oxygen atoms in total. The molecule has 1 amide bonds. The summed E-state index contributed by atoms with van der Waals surface area (Å²) in [6.07, 6.45) is 11.6. The molecule has 3 fully saturated rings. The van der Waals surface area contributed by atoms with Crippen molar-refractivity contribution in [2.75, 3.05) is 31.1 Å². The molecule has 0 bridgehead atoms. The van der Waals surface area contributed by atoms with Gasteiger partial charge in [0.05, 0.1) is 17.8 Å². The summed E-state index contributed by atoms with van der Waals surface area (Å²) in [6, 6.07) is 2.14. The smallest absolute Gasteiger partial charge is 0.227 e. The molecule has 1 saturated heterocycles. The predicted molar refractivity (Wildman–Crippen MR) is 133 cm³/mol. The van der Waals surface area contributed by atoms with Crippen molar-refractivity contribution in [3.8, 4) is 0 Å². The molecule has 0 unspecified atom stereocenters. The standard InChI is InChI=1S/C26H37N5O2S/c1-18-13-21(33-29-18)14-24(32)27-20-5-3-19(4-6-20)7-11-30-12-8-23-22(15-30)28-25(34-23)31-16-26(17-31)9-2-10-26/h13,19-20H,2-12,14-17H2,1H3,(H,27,32)/t19-,20-. The highest BCUT2D eigenvalue weighted by Crippen LogP contribution is 2.50. The van der Waals surface area contributed by atoms with Crippen molar-refractivity contribution in [2.45, 2.75) is 83.7 Å². The van der Waals surface area contributed by atoms with Crippen LogP contribution in [0.4, 0.5) is 5.13 Å². The Balaban J connectivity index is 0.911. The summed E-state index contributed by atoms with van der Waals surface area (Å²) in [7, 11) is 0. The molecule has 0 radical (unpaired) electrons. The van der Waals surface area contributed by atoms with Crippen molar-refractivity contribution in [1.29, 1.82) is 0 Å². The van der Waals surface area contributed by atoms with E-state index in [0.717, 1.165) is 37.4 Å². The number of amides is 1. The highest BCUT2D eigenvalue weighted by Gasteiger charge is 2.48. The largest absolute Gasteiger partial charge is 0.361 e. The van der Waals surface area contributed by atoms with Crippen LogP contribution < -0.4 is 10.2 Å². The Morgan fingerprint density at radius 1 is 1.26 bits per heavy atom. The summed E-state index contributed by atoms with van der Waals surface area (Å²) in [6.45, 7) is 7.73. The third-order valence-corrected chi connectivity index (χ3v) is 9.83. The van der Waals surface area contributed by atoms with Crippen molar-refractivity contribution in [3.63, 3.8) is 0 Å². The van der Waals surface area contributed by atoms with Gasteiger partial charge in [-0.25, -0.2) is 4.98 Å². The number of carbonyl (C=O) groups is 1. The Kier molecular flexibility index (Phi) is 6.14. The molecule has 4 heterocycles. The van der Waals surface area contributed by atoms with Gasteiger partial charge in [0.25, 0.3) is 0 Å². The van der Waals surface area contributed by atoms with E-state index in [4.69, 9.17) is 9.51 Å². The molecule has 34 heavy (non-hydrogen) atoms. The van der Waals surface area contributed by atoms with Crippen LogP contribution in [0.5, 0.6) is 0 Å². The van der Waals surface area contributed by atoms with Crippen LogP contribution in [0, 0.1) is 18.3 Å². The third kappa shape index (κ3) is 4.76. The zero-order chi connectivity index (χ0) is 23.1. The zero-order valence-electron chi connectivity index (χ0n) is 20.4. The highest BCUT2D eigenvalue weighted by molar-refractivity contribution is 7.15. The highest BCUT2D eigenvalue weighted by atomic mass is 32.1. The van der Waals surface area contributed by atoms with Crippen LogP contribution in [0.25, 0.3) is 0 Å². The van der Waals surface area contributed by atoms with Crippen LogP contribution in [-0.4, -0.2) is 53.2 Å². The van der Waals surface area contributed by atoms with Gasteiger partial charge in [0.2, 0.25) is 5.91 Å². The number of hydrogen-bond acceptors (Lipinski definition) is 7. The van der Waals surface area contributed by atoms with Crippen molar-refractivity contribution in [2.24, 2.45) is 11.3 Å². The minimum absolute atomic E-state index is 0.0486. The predicted octanol–water partition coefficient (Wildman–Crippen LogP) is 4.10. The van der Waals surface area contributed by atoms with Gasteiger partial charge in [-0.05, 0) is 70.8 Å². The lowest BCUT2D eigenvalue weighted by Gasteiger charge is -2.55. The molecule has 2 aliphatic carbocycles. The maximum absolute atomic E-state index is 12.3. The summed E-state index contributed by atoms with van der Waals surface area (Å²) >= 11 is 1.95. The van der Waals surface area contributed by atoms with Gasteiger partial charge in [0, 0.05) is 48.6 Å². The Morgan fingerprint density at radius 3 is 2.79 bits per heavy atom. The van der Waals surface area contributed by atoms with Gasteiger partial charge in [0.1, 0.15) is 5.76 Å². The first-order valence-corrected chi connectivity index (χ1v) is 14.0. The lowest BCUT2D eigenvalue weighted by Crippen LogP contribution is -2.59. The number of rotatable bonds is 7. The van der Waals surface area contributed by atoms with Crippen molar-refractivity contribution >= 4 is 22.4 Å². The van der Waals surface area contributed by atoms with E-state index >= 15 is 0 Å². The fourth-order valence-electron chi connectivity index (χ4n) is 6.35. The number of anilines is 1. The summed E-state index contributed by atoms with van der Waals surface area (Å²) in [5.74, 6) is 1.47. The van der Waals surface area contributed by atoms with Gasteiger partial charge in [-0.15, -0.1) is 11.3 Å². The second kappa shape index (κ2) is 9.26. The number of fused-ring (bicyclic) bond motifs is 1. The lowest BCUT2D eigenvalue weighted by molar-refractivity contribution is -0.121. The van der Waals surface area contributed by atoms with Crippen LogP contribution in [0.15, 0.2) is 10.6 Å². The SMILES string of the molecule is Cc1cc(CC(=O)N[C@H]2CC[C@H](CCN3CCc4sc(N5CC6(CCC6)C5)nc4C3)CC2)on1. The van der Waals surface area contributed by atoms with E-state index in [1.54, 1.807) is 0 Å². The van der Waals surface area contributed by atoms with E-state index in [1.807, 2.05) is 24.3 Å². The quantitative estimate of drug-likeness (QED) is 0.639. The zero-order valence-corrected chi connectivity index (χ0v) is 21.2. The van der Waals surface area contributed by atoms with E-state index in [2.05, 4.69) is 20.3 Å². The van der Waals surface area contributed by atoms with E-state index in [9.17, 15) is 4.79 Å². The Labute approximate surface area is 206 Å². The number of hydrogen-bond donors (Lipinski definition) is 1. The average Bonchev–Trinajstić information content (AvgIpc) is 3.36. The number of thiazole rings is 1. The van der Waals surface area contributed by atoms with Crippen molar-refractivity contribution < 1.29 is 9.32 Å². The van der Waals surface area contributed by atoms with Gasteiger partial charge < -0.3 is 14.7 Å². The topological polar surface area (TPSA) is 74.5 Å². The Hall–Kier alpha value is -1.93. The Morgan fingerprint density at radius 2 is 2.09 bits per heavy atom. The van der Waals surface area contributed by atoms with Gasteiger partial charge in [0.15, 0.2) is 5.13 Å². The number of carbonyl (C=O) groups excluding carboxylic acids is 1. The summed E-state index contributed by atoms with van der Waals surface area (Å²) in [4.78, 5) is 24.0. The molecule has 2 aliphatic heterocycles. The fraction of sp³-hybridized carbons (Fsp3) is 0.731. The summed E-state index contributed by atoms with van der Waals surface area (Å²) in [5.41, 5.74) is 2.83. The molecular weight excluding hydrogens is 446 g/mol. The van der Waals surface area contributed by atoms with Crippen LogP contribution in [0.1, 0.15) is 73.4 Å². The van der Waals surface area contributed by atoms with Crippen LogP contribution in [-0.2, 0) is 24.2 Å². The maximum atomic E-state index is 12.3. The monoisotopic (exact) mass is 483 g/mol. The first-order valence-electron chi connectivity index (χ1n) is 13.2. The molecule has 1 N–H and O–H groups in total. The molecular formula is C26H37N5O2S. The molecule has 6 rings (SSSR count). The van der Waals surface area contributed by atoms with Crippen LogP contribution in [0.2, 0.25) is 0 Å². The first kappa shape index (κ1) is 22.5. The normalized spacial score (nSPS) is 26.1. The molecule has 2 aromatic rings. The number of aromatic nitrogens is 2. The number of nitrogens with one attached hydrogen (secondary N) is 1. The minimum Gasteiger partial charge on any atom is -0.361 e. The fourth-order valence-corrected chi connectivity index (χ4v) is 7.41. The number of nitrogens with zero attached hydrogens (tertiary/aromatic N) is 4. The third-order valence-electron chi connectivity index (χ3n) is 8.61. The van der Waals surface area contributed by atoms with Gasteiger partial charge >= 0.3 is 0 Å². The molecule has 0 aromatic carbocycles. The molecule has 1 spiro atoms. The van der Waals surface area contributed by atoms with Crippen LogP contribution in [0.3, 0.4) is 0 Å². The van der Waals surface area contributed by atoms with E-state index in [1.165, 1.54) is 80.4 Å². The maximum Gasteiger partial charge on any atom is 0.227 e. The summed E-state index contributed by atoms with van der Waals surface area (Å²) < 4.78 is 5.17. The second-order valence-corrected chi connectivity index (χ2v) is 12.3. The van der Waals surface area contributed by atoms with Gasteiger partial charge in [-0.1, -0.05) is 11.6 Å². The van der Waals surface area contributed by atoms with Gasteiger partial charge in [-0.2, -0.15) is 0 Å². The molecule has 2 saturated carbocycles. The first-order chi connectivity index (χ1) is 16.5. The van der Waals surface area contributed by atoms with Crippen molar-refractivity contribution in [1.82, 2.24) is 20.4 Å². The molecule has 2 aromatic heterocycles. The molecule has 8 heteroatoms. The molecule has 0 atom stereocenters. The minimum atomic E-state index is 0.0486. The second-order valence-electron chi connectivity index (χ2n) is 11.3. The number of aryl methyl sites for hydroxylation is 1. The van der Waals surface area contributed by atoms with Crippen molar-refractivity contribution in [3.05, 3.63) is 28.1 Å². The van der Waals surface area contributed by atoms with Crippen LogP contribution >= 0.6 is 11.3 Å². The average molecular weight is 484 g/mol. The van der Waals surface area contributed by atoms with E-state index in [-0.39, 0.29) is 12.3 Å². The lowest BCUT2D eigenvalue weighted by atomic mass is 9.64. The van der Waals surface area contributed by atoms with E-state index < -0.39 is 0 Å². The summed E-state index contributed by atoms with van der Waals surface area (Å²) in [5, 5.41) is 8.34. The molecule has 184 valence electrons. The molecule has 4 aliphatic rings. The Bertz CT molecular complexity index is 1010. The van der Waals surface area contributed by atoms with Gasteiger partial charge in [-0.3, -0.25) is 9.69 Å².